The molecule has 2 aromatic carbocycles. The average Bonchev–Trinajstić information content (AvgIpc) is 3.03. The minimum Gasteiger partial charge on any atom is -0.347 e. The number of benzene rings is 2. The zero-order chi connectivity index (χ0) is 18.0. The van der Waals surface area contributed by atoms with E-state index < -0.39 is 5.82 Å². The minimum absolute atomic E-state index is 0.138. The molecule has 0 bridgehead atoms. The van der Waals surface area contributed by atoms with Gasteiger partial charge in [0.2, 0.25) is 5.82 Å². The molecule has 1 N–H and O–H groups in total. The Morgan fingerprint density at radius 2 is 1.68 bits per heavy atom. The monoisotopic (exact) mass is 339 g/mol. The van der Waals surface area contributed by atoms with E-state index >= 15 is 0 Å². The quantitative estimate of drug-likeness (QED) is 0.781. The summed E-state index contributed by atoms with van der Waals surface area (Å²) in [5.41, 5.74) is 0.784. The maximum absolute atomic E-state index is 13.9. The molecule has 0 saturated carbocycles. The van der Waals surface area contributed by atoms with Gasteiger partial charge in [0.25, 0.3) is 11.8 Å². The summed E-state index contributed by atoms with van der Waals surface area (Å²) in [5, 5.41) is 6.75. The van der Waals surface area contributed by atoms with Crippen LogP contribution in [-0.2, 0) is 0 Å². The van der Waals surface area contributed by atoms with Crippen molar-refractivity contribution in [2.24, 2.45) is 0 Å². The summed E-state index contributed by atoms with van der Waals surface area (Å²) in [7, 11) is 0. The van der Waals surface area contributed by atoms with Gasteiger partial charge in [-0.15, -0.1) is 0 Å². The van der Waals surface area contributed by atoms with Gasteiger partial charge in [-0.05, 0) is 45.0 Å². The Labute approximate surface area is 144 Å². The fourth-order valence-electron chi connectivity index (χ4n) is 2.36. The zero-order valence-electron chi connectivity index (χ0n) is 14.2. The average molecular weight is 339 g/mol. The highest BCUT2D eigenvalue weighted by Crippen LogP contribution is 2.26. The van der Waals surface area contributed by atoms with Crippen LogP contribution in [-0.4, -0.2) is 21.6 Å². The number of hydrogen-bond acceptors (Lipinski definition) is 4. The summed E-state index contributed by atoms with van der Waals surface area (Å²) in [4.78, 5) is 16.8. The van der Waals surface area contributed by atoms with Gasteiger partial charge in [-0.2, -0.15) is 4.98 Å². The van der Waals surface area contributed by atoms with Crippen molar-refractivity contribution in [3.8, 4) is 22.8 Å². The molecule has 1 aromatic heterocycles. The maximum atomic E-state index is 13.9. The number of nitrogens with one attached hydrogen (secondary N) is 1. The third-order valence-electron chi connectivity index (χ3n) is 3.43. The van der Waals surface area contributed by atoms with Crippen molar-refractivity contribution in [1.29, 1.82) is 0 Å². The van der Waals surface area contributed by atoms with E-state index in [1.807, 2.05) is 20.8 Å². The maximum Gasteiger partial charge on any atom is 0.259 e. The largest absolute Gasteiger partial charge is 0.347 e. The van der Waals surface area contributed by atoms with E-state index in [0.717, 1.165) is 0 Å². The second-order valence-electron chi connectivity index (χ2n) is 6.65. The molecule has 0 aliphatic carbocycles. The molecule has 0 saturated heterocycles. The van der Waals surface area contributed by atoms with Crippen LogP contribution in [0.25, 0.3) is 22.8 Å². The highest BCUT2D eigenvalue weighted by Gasteiger charge is 2.21. The van der Waals surface area contributed by atoms with Crippen LogP contribution in [0, 0.1) is 5.82 Å². The van der Waals surface area contributed by atoms with Crippen LogP contribution >= 0.6 is 0 Å². The van der Waals surface area contributed by atoms with Crippen LogP contribution in [0.1, 0.15) is 31.1 Å². The summed E-state index contributed by atoms with van der Waals surface area (Å²) in [6, 6.07) is 13.1. The molecule has 0 unspecified atom stereocenters. The first-order valence-corrected chi connectivity index (χ1v) is 7.86. The highest BCUT2D eigenvalue weighted by atomic mass is 19.1. The summed E-state index contributed by atoms with van der Waals surface area (Å²) in [6.07, 6.45) is 0. The molecule has 6 heteroatoms. The first kappa shape index (κ1) is 16.8. The van der Waals surface area contributed by atoms with Gasteiger partial charge < -0.3 is 9.84 Å². The number of halogens is 1. The molecule has 3 rings (SSSR count). The van der Waals surface area contributed by atoms with Crippen LogP contribution in [0.3, 0.4) is 0 Å². The number of nitrogens with zero attached hydrogens (tertiary/aromatic N) is 2. The van der Waals surface area contributed by atoms with Crippen LogP contribution in [0.2, 0.25) is 0 Å². The lowest BCUT2D eigenvalue weighted by atomic mass is 10.0. The molecular formula is C19H18FN3O2. The van der Waals surface area contributed by atoms with Crippen molar-refractivity contribution in [3.05, 3.63) is 59.9 Å². The first-order chi connectivity index (χ1) is 11.8. The predicted octanol–water partition coefficient (Wildman–Crippen LogP) is 4.07. The fourth-order valence-corrected chi connectivity index (χ4v) is 2.36. The number of hydrogen-bond donors (Lipinski definition) is 1. The van der Waals surface area contributed by atoms with Crippen LogP contribution in [0.5, 0.6) is 0 Å². The molecule has 0 aliphatic rings. The number of carbonyl (C=O) groups is 1. The van der Waals surface area contributed by atoms with Gasteiger partial charge in [0.1, 0.15) is 5.82 Å². The van der Waals surface area contributed by atoms with Gasteiger partial charge in [-0.1, -0.05) is 29.4 Å². The van der Waals surface area contributed by atoms with Gasteiger partial charge in [0.05, 0.1) is 16.7 Å². The number of aromatic nitrogens is 2. The van der Waals surface area contributed by atoms with Crippen LogP contribution < -0.4 is 5.32 Å². The lowest BCUT2D eigenvalue weighted by Crippen LogP contribution is -2.40. The Kier molecular flexibility index (Phi) is 4.35. The van der Waals surface area contributed by atoms with Gasteiger partial charge in [-0.3, -0.25) is 4.79 Å². The smallest absolute Gasteiger partial charge is 0.259 e. The second kappa shape index (κ2) is 6.47. The first-order valence-electron chi connectivity index (χ1n) is 7.86. The third-order valence-corrected chi connectivity index (χ3v) is 3.43. The highest BCUT2D eigenvalue weighted by molar-refractivity contribution is 6.00. The molecular weight excluding hydrogens is 321 g/mol. The standard InChI is InChI=1S/C19H18FN3O2/c1-19(2,3)22-17(24)12-8-4-5-9-13(12)18-21-16(23-25-18)14-10-6-7-11-15(14)20/h4-11H,1-3H3,(H,22,24). The molecule has 128 valence electrons. The van der Waals surface area contributed by atoms with Crippen molar-refractivity contribution in [2.45, 2.75) is 26.3 Å². The Morgan fingerprint density at radius 1 is 1.04 bits per heavy atom. The van der Waals surface area contributed by atoms with Gasteiger partial charge in [0.15, 0.2) is 0 Å². The molecule has 5 nitrogen and oxygen atoms in total. The number of carbonyl (C=O) groups excluding carboxylic acids is 1. The Morgan fingerprint density at radius 3 is 2.36 bits per heavy atom. The summed E-state index contributed by atoms with van der Waals surface area (Å²) in [6.45, 7) is 5.70. The van der Waals surface area contributed by atoms with Crippen molar-refractivity contribution >= 4 is 5.91 Å². The normalized spacial score (nSPS) is 11.4. The molecule has 0 radical (unpaired) electrons. The fraction of sp³-hybridized carbons (Fsp3) is 0.211. The van der Waals surface area contributed by atoms with Gasteiger partial charge in [0, 0.05) is 5.54 Å². The molecule has 1 amide bonds. The topological polar surface area (TPSA) is 68.0 Å². The Hall–Kier alpha value is -3.02. The Balaban J connectivity index is 1.99. The predicted molar refractivity (Wildman–Crippen MR) is 92.3 cm³/mol. The van der Waals surface area contributed by atoms with E-state index in [1.165, 1.54) is 6.07 Å². The third kappa shape index (κ3) is 3.74. The minimum atomic E-state index is -0.436. The SMILES string of the molecule is CC(C)(C)NC(=O)c1ccccc1-c1nc(-c2ccccc2F)no1. The van der Waals surface area contributed by atoms with E-state index in [-0.39, 0.29) is 28.7 Å². The van der Waals surface area contributed by atoms with E-state index in [2.05, 4.69) is 15.5 Å². The van der Waals surface area contributed by atoms with Crippen molar-refractivity contribution in [1.82, 2.24) is 15.5 Å². The molecule has 25 heavy (non-hydrogen) atoms. The summed E-state index contributed by atoms with van der Waals surface area (Å²) in [5.74, 6) is -0.376. The molecule has 3 aromatic rings. The number of rotatable bonds is 3. The van der Waals surface area contributed by atoms with Crippen LogP contribution in [0.4, 0.5) is 4.39 Å². The summed E-state index contributed by atoms with van der Waals surface area (Å²) >= 11 is 0. The number of amides is 1. The lowest BCUT2D eigenvalue weighted by Gasteiger charge is -2.21. The molecule has 0 atom stereocenters. The lowest BCUT2D eigenvalue weighted by molar-refractivity contribution is 0.0920. The van der Waals surface area contributed by atoms with E-state index in [4.69, 9.17) is 4.52 Å². The van der Waals surface area contributed by atoms with E-state index in [0.29, 0.717) is 11.1 Å². The van der Waals surface area contributed by atoms with Gasteiger partial charge in [-0.25, -0.2) is 4.39 Å². The van der Waals surface area contributed by atoms with Crippen molar-refractivity contribution in [2.75, 3.05) is 0 Å². The second-order valence-corrected chi connectivity index (χ2v) is 6.65. The Bertz CT molecular complexity index is 913. The van der Waals surface area contributed by atoms with Gasteiger partial charge >= 0.3 is 0 Å². The van der Waals surface area contributed by atoms with Crippen LogP contribution in [0.15, 0.2) is 53.1 Å². The summed E-state index contributed by atoms with van der Waals surface area (Å²) < 4.78 is 19.2. The van der Waals surface area contributed by atoms with E-state index in [9.17, 15) is 9.18 Å². The van der Waals surface area contributed by atoms with E-state index in [1.54, 1.807) is 42.5 Å². The molecule has 0 spiro atoms. The molecule has 1 heterocycles. The van der Waals surface area contributed by atoms with Crippen molar-refractivity contribution in [3.63, 3.8) is 0 Å². The molecule has 0 aliphatic heterocycles. The zero-order valence-corrected chi connectivity index (χ0v) is 14.2. The van der Waals surface area contributed by atoms with Crippen molar-refractivity contribution < 1.29 is 13.7 Å². The molecule has 0 fully saturated rings.